The largest absolute Gasteiger partial charge is 0.373 e. The topological polar surface area (TPSA) is 26.3 Å². The van der Waals surface area contributed by atoms with Crippen molar-refractivity contribution in [3.8, 4) is 0 Å². The lowest BCUT2D eigenvalue weighted by molar-refractivity contribution is 0.0593. The quantitative estimate of drug-likeness (QED) is 0.747. The van der Waals surface area contributed by atoms with E-state index in [1.54, 1.807) is 0 Å². The van der Waals surface area contributed by atoms with Crippen LogP contribution in [0.5, 0.6) is 0 Å². The van der Waals surface area contributed by atoms with Crippen LogP contribution in [0.25, 0.3) is 0 Å². The maximum Gasteiger partial charge on any atom is 0.188 e. The number of carbonyl (C=O) groups is 1. The lowest BCUT2D eigenvalue weighted by atomic mass is 9.83. The van der Waals surface area contributed by atoms with Gasteiger partial charge in [-0.3, -0.25) is 4.79 Å². The van der Waals surface area contributed by atoms with Crippen molar-refractivity contribution in [3.05, 3.63) is 35.4 Å². The number of benzene rings is 1. The van der Waals surface area contributed by atoms with E-state index in [1.165, 1.54) is 25.7 Å². The third-order valence-electron chi connectivity index (χ3n) is 4.08. The minimum atomic E-state index is 0.0990. The predicted octanol–water partition coefficient (Wildman–Crippen LogP) is 4.02. The van der Waals surface area contributed by atoms with Gasteiger partial charge in [-0.2, -0.15) is 0 Å². The number of carbonyl (C=O) groups excluding carboxylic acids is 1. The van der Waals surface area contributed by atoms with Crippen LogP contribution < -0.4 is 0 Å². The number of hydrogen-bond acceptors (Lipinski definition) is 2. The highest BCUT2D eigenvalue weighted by molar-refractivity contribution is 5.98. The highest BCUT2D eigenvalue weighted by Gasteiger charge is 2.19. The molecule has 2 unspecified atom stereocenters. The molecule has 1 aromatic rings. The minimum Gasteiger partial charge on any atom is -0.373 e. The normalized spacial score (nSPS) is 23.3. The van der Waals surface area contributed by atoms with Gasteiger partial charge in [0, 0.05) is 5.56 Å². The van der Waals surface area contributed by atoms with Crippen molar-refractivity contribution in [2.24, 2.45) is 11.8 Å². The second-order valence-electron chi connectivity index (χ2n) is 5.89. The first-order valence-electron chi connectivity index (χ1n) is 7.33. The Hall–Kier alpha value is -1.15. The molecule has 1 aromatic carbocycles. The van der Waals surface area contributed by atoms with Crippen molar-refractivity contribution < 1.29 is 9.53 Å². The molecule has 0 saturated heterocycles. The van der Waals surface area contributed by atoms with E-state index in [0.29, 0.717) is 5.92 Å². The van der Waals surface area contributed by atoms with Crippen molar-refractivity contribution in [1.82, 2.24) is 0 Å². The van der Waals surface area contributed by atoms with Gasteiger partial charge in [0.05, 0.1) is 6.61 Å². The maximum atomic E-state index is 12.0. The molecular weight excluding hydrogens is 236 g/mol. The Balaban J connectivity index is 1.76. The summed E-state index contributed by atoms with van der Waals surface area (Å²) in [7, 11) is 0. The summed E-state index contributed by atoms with van der Waals surface area (Å²) in [5, 5.41) is 0. The van der Waals surface area contributed by atoms with Crippen LogP contribution in [0.4, 0.5) is 0 Å². The van der Waals surface area contributed by atoms with E-state index in [2.05, 4.69) is 6.92 Å². The van der Waals surface area contributed by atoms with Crippen LogP contribution in [-0.4, -0.2) is 19.0 Å². The zero-order valence-electron chi connectivity index (χ0n) is 12.0. The third-order valence-corrected chi connectivity index (χ3v) is 4.08. The second-order valence-corrected chi connectivity index (χ2v) is 5.89. The first-order chi connectivity index (χ1) is 9.16. The fourth-order valence-corrected chi connectivity index (χ4v) is 2.99. The van der Waals surface area contributed by atoms with E-state index in [0.717, 1.165) is 23.7 Å². The van der Waals surface area contributed by atoms with Crippen LogP contribution in [0.2, 0.25) is 0 Å². The van der Waals surface area contributed by atoms with Gasteiger partial charge in [0.2, 0.25) is 0 Å². The summed E-state index contributed by atoms with van der Waals surface area (Å²) >= 11 is 0. The molecule has 0 amide bonds. The number of rotatable bonds is 5. The monoisotopic (exact) mass is 260 g/mol. The number of ketones is 1. The number of hydrogen-bond donors (Lipinski definition) is 0. The summed E-state index contributed by atoms with van der Waals surface area (Å²) in [6, 6.07) is 7.71. The fourth-order valence-electron chi connectivity index (χ4n) is 2.99. The average molecular weight is 260 g/mol. The van der Waals surface area contributed by atoms with Crippen LogP contribution in [0, 0.1) is 18.8 Å². The van der Waals surface area contributed by atoms with Gasteiger partial charge in [0.1, 0.15) is 6.61 Å². The Kier molecular flexibility index (Phi) is 5.15. The van der Waals surface area contributed by atoms with Crippen molar-refractivity contribution in [1.29, 1.82) is 0 Å². The Morgan fingerprint density at radius 3 is 2.84 bits per heavy atom. The molecule has 0 heterocycles. The van der Waals surface area contributed by atoms with Crippen LogP contribution in [0.15, 0.2) is 24.3 Å². The Bertz CT molecular complexity index is 425. The molecule has 19 heavy (non-hydrogen) atoms. The van der Waals surface area contributed by atoms with Gasteiger partial charge in [-0.1, -0.05) is 44.0 Å². The average Bonchev–Trinajstić information content (AvgIpc) is 2.39. The molecule has 0 N–H and O–H groups in total. The molecule has 1 aliphatic carbocycles. The van der Waals surface area contributed by atoms with Crippen LogP contribution >= 0.6 is 0 Å². The molecule has 2 rings (SSSR count). The van der Waals surface area contributed by atoms with Gasteiger partial charge in [0.25, 0.3) is 0 Å². The molecule has 2 nitrogen and oxygen atoms in total. The van der Waals surface area contributed by atoms with E-state index >= 15 is 0 Å². The van der Waals surface area contributed by atoms with Gasteiger partial charge in [-0.25, -0.2) is 0 Å². The molecule has 0 aromatic heterocycles. The first-order valence-corrected chi connectivity index (χ1v) is 7.33. The van der Waals surface area contributed by atoms with E-state index in [4.69, 9.17) is 4.74 Å². The van der Waals surface area contributed by atoms with E-state index in [9.17, 15) is 4.79 Å². The summed E-state index contributed by atoms with van der Waals surface area (Å²) in [4.78, 5) is 12.0. The standard InChI is InChI=1S/C17H24O2/c1-13-6-5-8-15(10-13)11-19-12-17(18)16-9-4-3-7-14(16)2/h3-4,7,9,13,15H,5-6,8,10-12H2,1-2H3. The molecule has 1 aliphatic rings. The molecule has 0 radical (unpaired) electrons. The Morgan fingerprint density at radius 2 is 2.11 bits per heavy atom. The molecule has 1 saturated carbocycles. The molecule has 2 heteroatoms. The number of aryl methyl sites for hydroxylation is 1. The van der Waals surface area contributed by atoms with Gasteiger partial charge in [0.15, 0.2) is 5.78 Å². The fraction of sp³-hybridized carbons (Fsp3) is 0.588. The number of Topliss-reactive ketones (excluding diaryl/α,β-unsaturated/α-hetero) is 1. The smallest absolute Gasteiger partial charge is 0.188 e. The SMILES string of the molecule is Cc1ccccc1C(=O)COCC1CCCC(C)C1. The molecule has 0 spiro atoms. The Morgan fingerprint density at radius 1 is 1.32 bits per heavy atom. The van der Waals surface area contributed by atoms with Crippen LogP contribution in [0.3, 0.4) is 0 Å². The van der Waals surface area contributed by atoms with Crippen molar-refractivity contribution >= 4 is 5.78 Å². The molecule has 0 aliphatic heterocycles. The molecule has 104 valence electrons. The highest BCUT2D eigenvalue weighted by Crippen LogP contribution is 2.28. The molecular formula is C17H24O2. The van der Waals surface area contributed by atoms with Crippen LogP contribution in [-0.2, 0) is 4.74 Å². The van der Waals surface area contributed by atoms with E-state index in [-0.39, 0.29) is 12.4 Å². The molecule has 2 atom stereocenters. The summed E-state index contributed by atoms with van der Waals surface area (Å²) in [5.74, 6) is 1.56. The van der Waals surface area contributed by atoms with Gasteiger partial charge < -0.3 is 4.74 Å². The van der Waals surface area contributed by atoms with Crippen molar-refractivity contribution in [2.45, 2.75) is 39.5 Å². The van der Waals surface area contributed by atoms with Gasteiger partial charge >= 0.3 is 0 Å². The third kappa shape index (κ3) is 4.17. The lowest BCUT2D eigenvalue weighted by Gasteiger charge is -2.26. The van der Waals surface area contributed by atoms with E-state index < -0.39 is 0 Å². The summed E-state index contributed by atoms with van der Waals surface area (Å²) in [6.07, 6.45) is 5.15. The van der Waals surface area contributed by atoms with Gasteiger partial charge in [-0.15, -0.1) is 0 Å². The number of ether oxygens (including phenoxy) is 1. The lowest BCUT2D eigenvalue weighted by Crippen LogP contribution is -2.20. The summed E-state index contributed by atoms with van der Waals surface area (Å²) < 4.78 is 5.64. The molecule has 0 bridgehead atoms. The predicted molar refractivity (Wildman–Crippen MR) is 77.5 cm³/mol. The first kappa shape index (κ1) is 14.3. The Labute approximate surface area is 116 Å². The van der Waals surface area contributed by atoms with E-state index in [1.807, 2.05) is 31.2 Å². The van der Waals surface area contributed by atoms with Crippen LogP contribution in [0.1, 0.15) is 48.5 Å². The maximum absolute atomic E-state index is 12.0. The van der Waals surface area contributed by atoms with Crippen molar-refractivity contribution in [2.75, 3.05) is 13.2 Å². The minimum absolute atomic E-state index is 0.0990. The molecule has 1 fully saturated rings. The highest BCUT2D eigenvalue weighted by atomic mass is 16.5. The second kappa shape index (κ2) is 6.85. The van der Waals surface area contributed by atoms with Gasteiger partial charge in [-0.05, 0) is 37.2 Å². The summed E-state index contributed by atoms with van der Waals surface area (Å²) in [6.45, 7) is 5.23. The summed E-state index contributed by atoms with van der Waals surface area (Å²) in [5.41, 5.74) is 1.82. The zero-order valence-corrected chi connectivity index (χ0v) is 12.0. The van der Waals surface area contributed by atoms with Crippen molar-refractivity contribution in [3.63, 3.8) is 0 Å². The zero-order chi connectivity index (χ0) is 13.7.